The van der Waals surface area contributed by atoms with E-state index in [1.807, 2.05) is 36.4 Å². The second-order valence-electron chi connectivity index (χ2n) is 11.4. The molecule has 0 aliphatic heterocycles. The topological polar surface area (TPSA) is 97.1 Å². The summed E-state index contributed by atoms with van der Waals surface area (Å²) in [7, 11) is 0. The number of anilines is 2. The molecule has 222 valence electrons. The van der Waals surface area contributed by atoms with Gasteiger partial charge in [-0.15, -0.1) is 10.2 Å². The number of aromatic nitrogens is 4. The Morgan fingerprint density at radius 3 is 1.98 bits per heavy atom. The van der Waals surface area contributed by atoms with Gasteiger partial charge in [-0.25, -0.2) is 0 Å². The summed E-state index contributed by atoms with van der Waals surface area (Å²) in [5.74, 6) is 0.312. The molecule has 3 aromatic rings. The molecule has 1 amide bonds. The van der Waals surface area contributed by atoms with Gasteiger partial charge in [-0.2, -0.15) is 9.90 Å². The van der Waals surface area contributed by atoms with Crippen LogP contribution in [0.3, 0.4) is 0 Å². The molecule has 1 aromatic heterocycles. The van der Waals surface area contributed by atoms with Gasteiger partial charge in [0.05, 0.1) is 12.2 Å². The van der Waals surface area contributed by atoms with Crippen molar-refractivity contribution < 1.29 is 4.79 Å². The molecule has 0 aliphatic rings. The molecule has 2 aromatic carbocycles. The molecular formula is C33H49N7O. The molecular weight excluding hydrogens is 510 g/mol. The number of amides is 1. The van der Waals surface area contributed by atoms with Gasteiger partial charge in [0.25, 0.3) is 5.91 Å². The number of hydrogen-bond donors (Lipinski definition) is 2. The van der Waals surface area contributed by atoms with Crippen LogP contribution in [0, 0.1) is 0 Å². The molecule has 0 radical (unpaired) electrons. The van der Waals surface area contributed by atoms with Crippen LogP contribution in [0.15, 0.2) is 53.6 Å². The van der Waals surface area contributed by atoms with Crippen LogP contribution in [-0.2, 0) is 11.3 Å². The van der Waals surface area contributed by atoms with Crippen molar-refractivity contribution in [1.29, 1.82) is 0 Å². The first kappa shape index (κ1) is 32.0. The van der Waals surface area contributed by atoms with Crippen LogP contribution in [0.5, 0.6) is 0 Å². The summed E-state index contributed by atoms with van der Waals surface area (Å²) in [6.45, 7) is 11.4. The minimum absolute atomic E-state index is 0.0939. The van der Waals surface area contributed by atoms with E-state index in [0.29, 0.717) is 6.54 Å². The maximum atomic E-state index is 13.7. The molecule has 0 unspecified atom stereocenters. The Labute approximate surface area is 246 Å². The number of hydrazone groups is 1. The van der Waals surface area contributed by atoms with Crippen LogP contribution in [0.1, 0.15) is 128 Å². The Morgan fingerprint density at radius 2 is 1.39 bits per heavy atom. The van der Waals surface area contributed by atoms with Crippen LogP contribution >= 0.6 is 0 Å². The quantitative estimate of drug-likeness (QED) is 0.0928. The van der Waals surface area contributed by atoms with Crippen molar-refractivity contribution >= 4 is 23.0 Å². The summed E-state index contributed by atoms with van der Waals surface area (Å²) in [6.07, 6.45) is 12.6. The molecule has 2 N–H and O–H groups in total. The van der Waals surface area contributed by atoms with Crippen molar-refractivity contribution in [3.8, 4) is 0 Å². The molecule has 0 spiro atoms. The van der Waals surface area contributed by atoms with E-state index in [-0.39, 0.29) is 29.3 Å². The summed E-state index contributed by atoms with van der Waals surface area (Å²) in [6, 6.07) is 15.7. The van der Waals surface area contributed by atoms with Crippen molar-refractivity contribution in [1.82, 2.24) is 20.2 Å². The van der Waals surface area contributed by atoms with E-state index >= 15 is 0 Å². The van der Waals surface area contributed by atoms with Crippen molar-refractivity contribution in [2.45, 2.75) is 117 Å². The minimum Gasteiger partial charge on any atom is -0.320 e. The van der Waals surface area contributed by atoms with Crippen molar-refractivity contribution in [2.75, 3.05) is 10.7 Å². The van der Waals surface area contributed by atoms with Gasteiger partial charge in [0.2, 0.25) is 5.82 Å². The van der Waals surface area contributed by atoms with Crippen LogP contribution in [0.4, 0.5) is 11.4 Å². The fourth-order valence-corrected chi connectivity index (χ4v) is 4.88. The largest absolute Gasteiger partial charge is 0.320 e. The molecule has 8 heteroatoms. The number of aryl methyl sites for hydroxylation is 1. The van der Waals surface area contributed by atoms with E-state index in [4.69, 9.17) is 0 Å². The average Bonchev–Trinajstić information content (AvgIpc) is 3.43. The Hall–Kier alpha value is -3.55. The highest BCUT2D eigenvalue weighted by atomic mass is 16.2. The fraction of sp³-hybridized carbons (Fsp3) is 0.545. The molecule has 41 heavy (non-hydrogen) atoms. The van der Waals surface area contributed by atoms with Crippen LogP contribution in [0.2, 0.25) is 0 Å². The number of carbonyl (C=O) groups excluding carboxylic acids is 1. The van der Waals surface area contributed by atoms with Crippen LogP contribution < -0.4 is 10.7 Å². The normalized spacial score (nSPS) is 11.8. The maximum absolute atomic E-state index is 13.7. The number of nitrogens with zero attached hydrogens (tertiary/aromatic N) is 5. The van der Waals surface area contributed by atoms with Gasteiger partial charge in [-0.05, 0) is 46.7 Å². The number of carbonyl (C=O) groups is 1. The zero-order chi connectivity index (χ0) is 29.5. The molecule has 3 rings (SSSR count). The van der Waals surface area contributed by atoms with Gasteiger partial charge in [0.15, 0.2) is 5.71 Å². The smallest absolute Gasteiger partial charge is 0.280 e. The third kappa shape index (κ3) is 10.4. The number of benzene rings is 2. The summed E-state index contributed by atoms with van der Waals surface area (Å²) in [5.41, 5.74) is 6.84. The standard InChI is InChI=1S/C33H49N7O/c1-6-7-8-9-10-11-12-13-14-18-24-40-38-32(37-39-40)31(36-35-27-20-16-15-17-21-27)33(41)34-30-28(25(2)3)22-19-23-29(30)26(4)5/h15-17,19-23,25-26,35H,6-14,18,24H2,1-5H3,(H,34,41)/b36-31+. The van der Waals surface area contributed by atoms with Gasteiger partial charge < -0.3 is 5.32 Å². The third-order valence-electron chi connectivity index (χ3n) is 7.27. The summed E-state index contributed by atoms with van der Waals surface area (Å²) >= 11 is 0. The van der Waals surface area contributed by atoms with Gasteiger partial charge in [-0.3, -0.25) is 10.2 Å². The first-order chi connectivity index (χ1) is 19.9. The van der Waals surface area contributed by atoms with Gasteiger partial charge in [0, 0.05) is 5.69 Å². The molecule has 0 atom stereocenters. The minimum atomic E-state index is -0.373. The van der Waals surface area contributed by atoms with E-state index in [1.165, 1.54) is 51.4 Å². The lowest BCUT2D eigenvalue weighted by molar-refractivity contribution is -0.110. The monoisotopic (exact) mass is 559 g/mol. The number of tetrazole rings is 1. The summed E-state index contributed by atoms with van der Waals surface area (Å²) in [4.78, 5) is 15.3. The van der Waals surface area contributed by atoms with E-state index in [0.717, 1.165) is 35.3 Å². The van der Waals surface area contributed by atoms with Crippen LogP contribution in [-0.4, -0.2) is 31.8 Å². The highest BCUT2D eigenvalue weighted by Gasteiger charge is 2.23. The SMILES string of the molecule is CCCCCCCCCCCCn1nnc(/C(=N\Nc2ccccc2)C(=O)Nc2c(C(C)C)cccc2C(C)C)n1. The van der Waals surface area contributed by atoms with Crippen molar-refractivity contribution in [2.24, 2.45) is 5.10 Å². The third-order valence-corrected chi connectivity index (χ3v) is 7.27. The number of nitrogens with one attached hydrogen (secondary N) is 2. The highest BCUT2D eigenvalue weighted by Crippen LogP contribution is 2.32. The lowest BCUT2D eigenvalue weighted by Gasteiger charge is -2.20. The lowest BCUT2D eigenvalue weighted by atomic mass is 9.92. The fourth-order valence-electron chi connectivity index (χ4n) is 4.88. The average molecular weight is 560 g/mol. The lowest BCUT2D eigenvalue weighted by Crippen LogP contribution is -2.27. The zero-order valence-corrected chi connectivity index (χ0v) is 25.7. The first-order valence-electron chi connectivity index (χ1n) is 15.5. The molecule has 8 nitrogen and oxygen atoms in total. The number of hydrogen-bond acceptors (Lipinski definition) is 6. The second-order valence-corrected chi connectivity index (χ2v) is 11.4. The highest BCUT2D eigenvalue weighted by molar-refractivity contribution is 6.48. The molecule has 0 bridgehead atoms. The van der Waals surface area contributed by atoms with E-state index in [1.54, 1.807) is 4.80 Å². The predicted molar refractivity (Wildman–Crippen MR) is 170 cm³/mol. The molecule has 0 fully saturated rings. The Morgan fingerprint density at radius 1 is 0.805 bits per heavy atom. The Bertz CT molecular complexity index is 1190. The predicted octanol–water partition coefficient (Wildman–Crippen LogP) is 8.30. The van der Waals surface area contributed by atoms with Gasteiger partial charge in [0.1, 0.15) is 0 Å². The number of para-hydroxylation sites is 2. The second kappa shape index (κ2) is 17.3. The molecule has 1 heterocycles. The van der Waals surface area contributed by atoms with Crippen molar-refractivity contribution in [3.63, 3.8) is 0 Å². The Kier molecular flexibility index (Phi) is 13.5. The molecule has 0 saturated carbocycles. The number of rotatable bonds is 18. The first-order valence-corrected chi connectivity index (χ1v) is 15.5. The molecule has 0 aliphatic carbocycles. The van der Waals surface area contributed by atoms with E-state index in [2.05, 4.69) is 78.0 Å². The number of unbranched alkanes of at least 4 members (excludes halogenated alkanes) is 9. The maximum Gasteiger partial charge on any atom is 0.280 e. The summed E-state index contributed by atoms with van der Waals surface area (Å²) < 4.78 is 0. The van der Waals surface area contributed by atoms with Gasteiger partial charge in [-0.1, -0.05) is 129 Å². The van der Waals surface area contributed by atoms with E-state index < -0.39 is 0 Å². The Balaban J connectivity index is 1.69. The van der Waals surface area contributed by atoms with E-state index in [9.17, 15) is 4.79 Å². The van der Waals surface area contributed by atoms with Crippen LogP contribution in [0.25, 0.3) is 0 Å². The zero-order valence-electron chi connectivity index (χ0n) is 25.7. The van der Waals surface area contributed by atoms with Crippen molar-refractivity contribution in [3.05, 3.63) is 65.5 Å². The van der Waals surface area contributed by atoms with Gasteiger partial charge >= 0.3 is 0 Å². The summed E-state index contributed by atoms with van der Waals surface area (Å²) in [5, 5.41) is 20.6. The molecule has 0 saturated heterocycles.